The quantitative estimate of drug-likeness (QED) is 0.189. The van der Waals surface area contributed by atoms with Gasteiger partial charge in [0.15, 0.2) is 0 Å². The fourth-order valence-corrected chi connectivity index (χ4v) is 7.75. The molecule has 0 saturated carbocycles. The van der Waals surface area contributed by atoms with Crippen molar-refractivity contribution in [2.45, 2.75) is 27.7 Å². The number of nitrogens with zero attached hydrogens (tertiary/aromatic N) is 2. The molecular formula is C48H38CoN4. The van der Waals surface area contributed by atoms with E-state index in [9.17, 15) is 0 Å². The number of hydrogen-bond donors (Lipinski definition) is 2. The maximum absolute atomic E-state index is 5.46. The Kier molecular flexibility index (Phi) is 8.91. The summed E-state index contributed by atoms with van der Waals surface area (Å²) in [6.07, 6.45) is 8.66. The average molecular weight is 730 g/mol. The zero-order valence-electron chi connectivity index (χ0n) is 30.1. The maximum atomic E-state index is 5.46. The van der Waals surface area contributed by atoms with Gasteiger partial charge in [-0.2, -0.15) is 0 Å². The molecule has 2 aliphatic heterocycles. The van der Waals surface area contributed by atoms with Crippen molar-refractivity contribution >= 4 is 46.4 Å². The van der Waals surface area contributed by atoms with Crippen LogP contribution >= 0.6 is 0 Å². The number of hydrogen-bond acceptors (Lipinski definition) is 2. The molecule has 8 bridgehead atoms. The number of aromatic nitrogens is 4. The molecule has 1 radical (unpaired) electrons. The van der Waals surface area contributed by atoms with Crippen molar-refractivity contribution in [3.63, 3.8) is 0 Å². The second-order valence-corrected chi connectivity index (χ2v) is 13.8. The Labute approximate surface area is 320 Å². The predicted molar refractivity (Wildman–Crippen MR) is 220 cm³/mol. The fraction of sp³-hybridized carbons (Fsp3) is 0.0833. The minimum atomic E-state index is 0. The van der Waals surface area contributed by atoms with E-state index in [1.807, 2.05) is 0 Å². The molecule has 0 fully saturated rings. The van der Waals surface area contributed by atoms with Crippen LogP contribution in [-0.2, 0) is 16.8 Å². The van der Waals surface area contributed by atoms with E-state index in [0.717, 1.165) is 89.4 Å². The van der Waals surface area contributed by atoms with Gasteiger partial charge in [0.25, 0.3) is 0 Å². The zero-order chi connectivity index (χ0) is 35.3. The molecule has 4 nitrogen and oxygen atoms in total. The molecule has 7 aromatic rings. The number of aromatic amines is 2. The van der Waals surface area contributed by atoms with Gasteiger partial charge in [-0.15, -0.1) is 0 Å². The SMILES string of the molecule is Cc1ccccc1-c1c2nc(c(-c3ccccc3C)c3ccc([nH]3)c(-c3ccccc3C)c3nc(c(-c4ccccc4C)c4ccc1[nH]4)C=C3)C=C2.[Co]. The summed E-state index contributed by atoms with van der Waals surface area (Å²) in [5, 5.41) is 0. The summed E-state index contributed by atoms with van der Waals surface area (Å²) in [6.45, 7) is 8.68. The molecule has 3 aromatic heterocycles. The van der Waals surface area contributed by atoms with Crippen molar-refractivity contribution in [2.24, 2.45) is 0 Å². The van der Waals surface area contributed by atoms with Crippen molar-refractivity contribution in [1.29, 1.82) is 0 Å². The third kappa shape index (κ3) is 5.98. The van der Waals surface area contributed by atoms with Gasteiger partial charge in [0.2, 0.25) is 0 Å². The third-order valence-electron chi connectivity index (χ3n) is 10.4. The Morgan fingerprint density at radius 3 is 0.774 bits per heavy atom. The van der Waals surface area contributed by atoms with Crippen molar-refractivity contribution in [2.75, 3.05) is 0 Å². The van der Waals surface area contributed by atoms with Crippen molar-refractivity contribution in [3.8, 4) is 44.5 Å². The second kappa shape index (κ2) is 13.8. The molecule has 5 heteroatoms. The number of aryl methyl sites for hydroxylation is 4. The van der Waals surface area contributed by atoms with Crippen LogP contribution in [0.25, 0.3) is 90.9 Å². The van der Waals surface area contributed by atoms with Gasteiger partial charge >= 0.3 is 0 Å². The molecule has 0 unspecified atom stereocenters. The van der Waals surface area contributed by atoms with Gasteiger partial charge in [0.05, 0.1) is 22.8 Å². The molecule has 0 spiro atoms. The molecule has 0 atom stereocenters. The molecule has 0 saturated heterocycles. The largest absolute Gasteiger partial charge is 0.354 e. The molecule has 2 aliphatic rings. The Balaban J connectivity index is 0.00000400. The molecule has 4 aromatic carbocycles. The minimum absolute atomic E-state index is 0. The Bertz CT molecular complexity index is 2420. The van der Waals surface area contributed by atoms with Gasteiger partial charge in [-0.25, -0.2) is 9.97 Å². The van der Waals surface area contributed by atoms with E-state index >= 15 is 0 Å². The predicted octanol–water partition coefficient (Wildman–Crippen LogP) is 12.6. The topological polar surface area (TPSA) is 57.4 Å². The van der Waals surface area contributed by atoms with E-state index in [-0.39, 0.29) is 16.8 Å². The molecular weight excluding hydrogens is 691 g/mol. The summed E-state index contributed by atoms with van der Waals surface area (Å²) in [4.78, 5) is 18.7. The first-order valence-corrected chi connectivity index (χ1v) is 17.8. The minimum Gasteiger partial charge on any atom is -0.354 e. The number of fused-ring (bicyclic) bond motifs is 8. The molecule has 259 valence electrons. The Morgan fingerprint density at radius 2 is 0.547 bits per heavy atom. The van der Waals surface area contributed by atoms with Crippen LogP contribution in [0, 0.1) is 27.7 Å². The summed E-state index contributed by atoms with van der Waals surface area (Å²) < 4.78 is 0. The first-order valence-electron chi connectivity index (χ1n) is 17.8. The molecule has 5 heterocycles. The van der Waals surface area contributed by atoms with Crippen molar-refractivity contribution in [1.82, 2.24) is 19.9 Å². The van der Waals surface area contributed by atoms with Gasteiger partial charge in [-0.05, 0) is 121 Å². The first-order chi connectivity index (χ1) is 25.4. The molecule has 0 aliphatic carbocycles. The number of benzene rings is 4. The van der Waals surface area contributed by atoms with Gasteiger partial charge in [0.1, 0.15) is 0 Å². The summed E-state index contributed by atoms with van der Waals surface area (Å²) in [5.41, 5.74) is 21.3. The normalized spacial score (nSPS) is 11.8. The van der Waals surface area contributed by atoms with Crippen LogP contribution in [0.4, 0.5) is 0 Å². The molecule has 9 rings (SSSR count). The van der Waals surface area contributed by atoms with Crippen LogP contribution in [0.1, 0.15) is 45.0 Å². The van der Waals surface area contributed by atoms with E-state index in [0.29, 0.717) is 0 Å². The van der Waals surface area contributed by atoms with Crippen molar-refractivity contribution in [3.05, 3.63) is 166 Å². The fourth-order valence-electron chi connectivity index (χ4n) is 7.75. The van der Waals surface area contributed by atoms with Gasteiger partial charge in [-0.1, -0.05) is 97.1 Å². The Hall–Kier alpha value is -6.01. The number of nitrogens with one attached hydrogen (secondary N) is 2. The standard InChI is InChI=1S/C48H38N4.Co/c1-29-13-5-9-17-33(29)45-37-21-23-39(49-37)46(34-18-10-6-14-30(34)2)41-25-27-43(51-41)48(36-20-12-8-16-32(36)4)44-28-26-42(52-44)47(40-24-22-38(45)50-40)35-19-11-7-15-31(35)3;/h5-28,49,52H,1-4H3;. The summed E-state index contributed by atoms with van der Waals surface area (Å²) >= 11 is 0. The van der Waals surface area contributed by atoms with Crippen LogP contribution in [0.3, 0.4) is 0 Å². The zero-order valence-corrected chi connectivity index (χ0v) is 31.1. The molecule has 2 N–H and O–H groups in total. The van der Waals surface area contributed by atoms with Crippen LogP contribution in [0.15, 0.2) is 121 Å². The van der Waals surface area contributed by atoms with Gasteiger partial charge in [-0.3, -0.25) is 0 Å². The maximum Gasteiger partial charge on any atom is 0.0737 e. The first kappa shape index (κ1) is 34.1. The summed E-state index contributed by atoms with van der Waals surface area (Å²) in [6, 6.07) is 43.0. The van der Waals surface area contributed by atoms with E-state index in [1.54, 1.807) is 0 Å². The monoisotopic (exact) mass is 729 g/mol. The number of H-pyrrole nitrogens is 2. The smallest absolute Gasteiger partial charge is 0.0737 e. The van der Waals surface area contributed by atoms with Crippen LogP contribution in [-0.4, -0.2) is 19.9 Å². The second-order valence-electron chi connectivity index (χ2n) is 13.8. The Morgan fingerprint density at radius 1 is 0.321 bits per heavy atom. The van der Waals surface area contributed by atoms with Crippen LogP contribution in [0.5, 0.6) is 0 Å². The third-order valence-corrected chi connectivity index (χ3v) is 10.4. The van der Waals surface area contributed by atoms with E-state index in [1.165, 1.54) is 22.3 Å². The van der Waals surface area contributed by atoms with Gasteiger partial charge in [0, 0.05) is 61.1 Å². The number of rotatable bonds is 4. The summed E-state index contributed by atoms with van der Waals surface area (Å²) in [5.74, 6) is 0. The average Bonchev–Trinajstić information content (AvgIpc) is 3.99. The van der Waals surface area contributed by atoms with Crippen molar-refractivity contribution < 1.29 is 16.8 Å². The van der Waals surface area contributed by atoms with Gasteiger partial charge < -0.3 is 9.97 Å². The van der Waals surface area contributed by atoms with E-state index in [2.05, 4.69) is 183 Å². The van der Waals surface area contributed by atoms with Crippen LogP contribution in [0.2, 0.25) is 0 Å². The van der Waals surface area contributed by atoms with Crippen LogP contribution < -0.4 is 0 Å². The molecule has 53 heavy (non-hydrogen) atoms. The van der Waals surface area contributed by atoms with E-state index in [4.69, 9.17) is 9.97 Å². The summed E-state index contributed by atoms with van der Waals surface area (Å²) in [7, 11) is 0. The molecule has 0 amide bonds. The van der Waals surface area contributed by atoms with E-state index < -0.39 is 0 Å².